The number of ether oxygens (including phenoxy) is 1. The van der Waals surface area contributed by atoms with Gasteiger partial charge in [-0.15, -0.1) is 0 Å². The van der Waals surface area contributed by atoms with Gasteiger partial charge in [0.1, 0.15) is 6.04 Å². The Morgan fingerprint density at radius 3 is 2.64 bits per heavy atom. The Morgan fingerprint density at radius 2 is 2.00 bits per heavy atom. The molecule has 2 heterocycles. The fraction of sp³-hybridized carbons (Fsp3) is 0.471. The molecule has 0 bridgehead atoms. The molecule has 1 atom stereocenters. The Hall–Kier alpha value is -2.51. The van der Waals surface area contributed by atoms with E-state index in [0.29, 0.717) is 30.6 Å². The number of likely N-dealkylation sites (tertiary alicyclic amines) is 1. The SMILES string of the molecule is COc1c(F)cc(C(=O)N2CCC[C@H]2c2nc(C3CC3)no2)cc1F. The minimum atomic E-state index is -0.907. The fourth-order valence-electron chi connectivity index (χ4n) is 3.20. The van der Waals surface area contributed by atoms with Crippen LogP contribution < -0.4 is 4.74 Å². The predicted molar refractivity (Wildman–Crippen MR) is 82.2 cm³/mol. The van der Waals surface area contributed by atoms with Gasteiger partial charge in [-0.3, -0.25) is 4.79 Å². The summed E-state index contributed by atoms with van der Waals surface area (Å²) in [6.07, 6.45) is 3.55. The lowest BCUT2D eigenvalue weighted by Gasteiger charge is -2.22. The van der Waals surface area contributed by atoms with E-state index in [1.807, 2.05) is 0 Å². The molecule has 2 aromatic rings. The van der Waals surface area contributed by atoms with E-state index in [1.165, 1.54) is 12.0 Å². The van der Waals surface area contributed by atoms with E-state index < -0.39 is 23.3 Å². The zero-order valence-electron chi connectivity index (χ0n) is 13.7. The van der Waals surface area contributed by atoms with Crippen LogP contribution in [-0.4, -0.2) is 34.6 Å². The molecule has 2 fully saturated rings. The van der Waals surface area contributed by atoms with Crippen LogP contribution in [0.1, 0.15) is 59.7 Å². The van der Waals surface area contributed by atoms with Crippen LogP contribution in [0.5, 0.6) is 5.75 Å². The van der Waals surface area contributed by atoms with Crippen molar-refractivity contribution in [2.75, 3.05) is 13.7 Å². The van der Waals surface area contributed by atoms with Crippen LogP contribution in [0.3, 0.4) is 0 Å². The number of benzene rings is 1. The molecule has 2 aliphatic rings. The zero-order valence-corrected chi connectivity index (χ0v) is 13.7. The quantitative estimate of drug-likeness (QED) is 0.848. The molecular weight excluding hydrogens is 332 g/mol. The van der Waals surface area contributed by atoms with E-state index >= 15 is 0 Å². The highest BCUT2D eigenvalue weighted by molar-refractivity contribution is 5.94. The third-order valence-corrected chi connectivity index (χ3v) is 4.65. The van der Waals surface area contributed by atoms with Crippen LogP contribution in [0.15, 0.2) is 16.7 Å². The van der Waals surface area contributed by atoms with Crippen molar-refractivity contribution in [3.05, 3.63) is 41.0 Å². The van der Waals surface area contributed by atoms with Crippen molar-refractivity contribution < 1.29 is 22.8 Å². The summed E-state index contributed by atoms with van der Waals surface area (Å²) in [5.41, 5.74) is -0.0652. The predicted octanol–water partition coefficient (Wildman–Crippen LogP) is 3.21. The third kappa shape index (κ3) is 2.85. The lowest BCUT2D eigenvalue weighted by atomic mass is 10.1. The molecule has 0 spiro atoms. The van der Waals surface area contributed by atoms with Crippen LogP contribution in [0.2, 0.25) is 0 Å². The molecule has 1 aromatic heterocycles. The number of rotatable bonds is 4. The van der Waals surface area contributed by atoms with Gasteiger partial charge in [-0.1, -0.05) is 5.16 Å². The van der Waals surface area contributed by atoms with Crippen molar-refractivity contribution in [1.29, 1.82) is 0 Å². The highest BCUT2D eigenvalue weighted by atomic mass is 19.1. The summed E-state index contributed by atoms with van der Waals surface area (Å²) in [5.74, 6) is -1.36. The molecule has 1 saturated carbocycles. The summed E-state index contributed by atoms with van der Waals surface area (Å²) in [6, 6.07) is 1.62. The molecule has 1 amide bonds. The smallest absolute Gasteiger partial charge is 0.254 e. The Kier molecular flexibility index (Phi) is 3.89. The maximum absolute atomic E-state index is 13.9. The van der Waals surface area contributed by atoms with Crippen molar-refractivity contribution in [2.24, 2.45) is 0 Å². The summed E-state index contributed by atoms with van der Waals surface area (Å²) in [5, 5.41) is 3.98. The molecule has 6 nitrogen and oxygen atoms in total. The highest BCUT2D eigenvalue weighted by Crippen LogP contribution is 2.40. The number of hydrogen-bond donors (Lipinski definition) is 0. The van der Waals surface area contributed by atoms with Gasteiger partial charge in [0.05, 0.1) is 7.11 Å². The molecule has 25 heavy (non-hydrogen) atoms. The minimum absolute atomic E-state index is 0.0652. The van der Waals surface area contributed by atoms with Gasteiger partial charge in [0.25, 0.3) is 5.91 Å². The number of hydrogen-bond acceptors (Lipinski definition) is 5. The molecule has 132 valence electrons. The molecule has 0 radical (unpaired) electrons. The molecule has 4 rings (SSSR count). The van der Waals surface area contributed by atoms with Crippen molar-refractivity contribution in [2.45, 2.75) is 37.6 Å². The van der Waals surface area contributed by atoms with E-state index in [4.69, 9.17) is 4.52 Å². The normalized spacial score (nSPS) is 20.1. The first-order valence-corrected chi connectivity index (χ1v) is 8.26. The number of methoxy groups -OCH3 is 1. The van der Waals surface area contributed by atoms with Gasteiger partial charge >= 0.3 is 0 Å². The number of aromatic nitrogens is 2. The average molecular weight is 349 g/mol. The number of carbonyl (C=O) groups is 1. The minimum Gasteiger partial charge on any atom is -0.491 e. The maximum Gasteiger partial charge on any atom is 0.254 e. The average Bonchev–Trinajstić information content (AvgIpc) is 3.13. The van der Waals surface area contributed by atoms with Crippen molar-refractivity contribution in [1.82, 2.24) is 15.0 Å². The number of halogens is 2. The lowest BCUT2D eigenvalue weighted by molar-refractivity contribution is 0.0709. The second-order valence-corrected chi connectivity index (χ2v) is 6.39. The van der Waals surface area contributed by atoms with Gasteiger partial charge in [0.2, 0.25) is 5.89 Å². The topological polar surface area (TPSA) is 68.5 Å². The second kappa shape index (κ2) is 6.09. The van der Waals surface area contributed by atoms with E-state index in [1.54, 1.807) is 0 Å². The van der Waals surface area contributed by atoms with E-state index in [9.17, 15) is 13.6 Å². The van der Waals surface area contributed by atoms with Crippen molar-refractivity contribution >= 4 is 5.91 Å². The summed E-state index contributed by atoms with van der Waals surface area (Å²) < 4.78 is 37.8. The van der Waals surface area contributed by atoms with Gasteiger partial charge in [-0.25, -0.2) is 8.78 Å². The second-order valence-electron chi connectivity index (χ2n) is 6.39. The highest BCUT2D eigenvalue weighted by Gasteiger charge is 2.37. The lowest BCUT2D eigenvalue weighted by Crippen LogP contribution is -2.31. The van der Waals surface area contributed by atoms with Gasteiger partial charge in [0.15, 0.2) is 23.2 Å². The number of amides is 1. The Bertz CT molecular complexity index is 796. The molecule has 1 saturated heterocycles. The number of carbonyl (C=O) groups excluding carboxylic acids is 1. The monoisotopic (exact) mass is 349 g/mol. The largest absolute Gasteiger partial charge is 0.491 e. The zero-order chi connectivity index (χ0) is 17.6. The summed E-state index contributed by atoms with van der Waals surface area (Å²) in [7, 11) is 1.17. The van der Waals surface area contributed by atoms with Crippen molar-refractivity contribution in [3.8, 4) is 5.75 Å². The van der Waals surface area contributed by atoms with Crippen LogP contribution in [0.25, 0.3) is 0 Å². The summed E-state index contributed by atoms with van der Waals surface area (Å²) >= 11 is 0. The Morgan fingerprint density at radius 1 is 1.28 bits per heavy atom. The van der Waals surface area contributed by atoms with Crippen molar-refractivity contribution in [3.63, 3.8) is 0 Å². The first kappa shape index (κ1) is 16.0. The first-order valence-electron chi connectivity index (χ1n) is 8.26. The molecule has 1 aliphatic heterocycles. The molecular formula is C17H17F2N3O3. The van der Waals surface area contributed by atoms with Crippen LogP contribution in [-0.2, 0) is 0 Å². The Balaban J connectivity index is 1.60. The van der Waals surface area contributed by atoms with Gasteiger partial charge < -0.3 is 14.2 Å². The van der Waals surface area contributed by atoms with Crippen LogP contribution in [0, 0.1) is 11.6 Å². The summed E-state index contributed by atoms with van der Waals surface area (Å²) in [6.45, 7) is 0.472. The van der Waals surface area contributed by atoms with Gasteiger partial charge in [-0.05, 0) is 37.8 Å². The third-order valence-electron chi connectivity index (χ3n) is 4.65. The maximum atomic E-state index is 13.9. The molecule has 8 heteroatoms. The fourth-order valence-corrected chi connectivity index (χ4v) is 3.20. The molecule has 0 N–H and O–H groups in total. The van der Waals surface area contributed by atoms with Gasteiger partial charge in [-0.2, -0.15) is 4.98 Å². The number of nitrogens with zero attached hydrogens (tertiary/aromatic N) is 3. The standard InChI is InChI=1S/C17H17F2N3O3/c1-24-14-11(18)7-10(8-12(14)19)17(23)22-6-2-3-13(22)16-20-15(21-25-16)9-4-5-9/h7-9,13H,2-6H2,1H3/t13-/m0/s1. The molecule has 0 unspecified atom stereocenters. The van der Waals surface area contributed by atoms with Gasteiger partial charge in [0, 0.05) is 18.0 Å². The van der Waals surface area contributed by atoms with Crippen LogP contribution in [0.4, 0.5) is 8.78 Å². The first-order chi connectivity index (χ1) is 12.1. The van der Waals surface area contributed by atoms with E-state index in [0.717, 1.165) is 31.4 Å². The molecule has 1 aliphatic carbocycles. The van der Waals surface area contributed by atoms with E-state index in [-0.39, 0.29) is 11.6 Å². The Labute approximate surface area is 142 Å². The van der Waals surface area contributed by atoms with Crippen LogP contribution >= 0.6 is 0 Å². The van der Waals surface area contributed by atoms with E-state index in [2.05, 4.69) is 14.9 Å². The molecule has 1 aromatic carbocycles. The summed E-state index contributed by atoms with van der Waals surface area (Å²) in [4.78, 5) is 18.7.